The van der Waals surface area contributed by atoms with Crippen LogP contribution in [0, 0.1) is 20.8 Å². The maximum absolute atomic E-state index is 10.2. The van der Waals surface area contributed by atoms with E-state index in [1.807, 2.05) is 7.05 Å². The van der Waals surface area contributed by atoms with Crippen LogP contribution in [0.5, 0.6) is 0 Å². The first-order chi connectivity index (χ1) is 8.72. The third-order valence-electron chi connectivity index (χ3n) is 4.51. The number of aryl methyl sites for hydroxylation is 3. The van der Waals surface area contributed by atoms with Crippen LogP contribution >= 0.6 is 0 Å². The maximum Gasteiger partial charge on any atom is 0.100 e. The lowest BCUT2D eigenvalue weighted by atomic mass is 9.83. The van der Waals surface area contributed by atoms with E-state index < -0.39 is 11.7 Å². The molecule has 0 amide bonds. The molecule has 106 valence electrons. The van der Waals surface area contributed by atoms with Crippen LogP contribution in [-0.4, -0.2) is 40.4 Å². The summed E-state index contributed by atoms with van der Waals surface area (Å²) >= 11 is 0. The number of hydrogen-bond acceptors (Lipinski definition) is 3. The van der Waals surface area contributed by atoms with E-state index in [1.165, 1.54) is 22.3 Å². The van der Waals surface area contributed by atoms with Gasteiger partial charge >= 0.3 is 0 Å². The summed E-state index contributed by atoms with van der Waals surface area (Å²) in [7, 11) is 2.01. The van der Waals surface area contributed by atoms with Gasteiger partial charge in [-0.05, 0) is 63.4 Å². The smallest absolute Gasteiger partial charge is 0.100 e. The topological polar surface area (TPSA) is 43.7 Å². The summed E-state index contributed by atoms with van der Waals surface area (Å²) in [6, 6.07) is 4.60. The number of benzene rings is 1. The predicted octanol–water partition coefficient (Wildman–Crippen LogP) is 2.10. The van der Waals surface area contributed by atoms with Gasteiger partial charge in [-0.1, -0.05) is 12.1 Å². The molecule has 3 atom stereocenters. The highest BCUT2D eigenvalue weighted by atomic mass is 16.3. The molecule has 3 heteroatoms. The van der Waals surface area contributed by atoms with E-state index in [4.69, 9.17) is 0 Å². The lowest BCUT2D eigenvalue weighted by Crippen LogP contribution is -2.54. The Kier molecular flexibility index (Phi) is 3.74. The Hall–Kier alpha value is -0.900. The number of aliphatic hydroxyl groups excluding tert-OH is 1. The highest BCUT2D eigenvalue weighted by Gasteiger charge is 2.41. The van der Waals surface area contributed by atoms with Gasteiger partial charge in [0.2, 0.25) is 0 Å². The van der Waals surface area contributed by atoms with Crippen molar-refractivity contribution in [3.8, 4) is 0 Å². The Morgan fingerprint density at radius 1 is 1.16 bits per heavy atom. The molecule has 3 nitrogen and oxygen atoms in total. The van der Waals surface area contributed by atoms with Crippen LogP contribution in [0.15, 0.2) is 12.1 Å². The molecule has 0 unspecified atom stereocenters. The molecule has 1 aromatic carbocycles. The Morgan fingerprint density at radius 3 is 2.37 bits per heavy atom. The largest absolute Gasteiger partial charge is 0.390 e. The molecular formula is C16H25NO2. The Morgan fingerprint density at radius 2 is 1.74 bits per heavy atom. The molecule has 0 aliphatic carbocycles. The highest BCUT2D eigenvalue weighted by molar-refractivity contribution is 5.38. The summed E-state index contributed by atoms with van der Waals surface area (Å²) in [6.07, 6.45) is -0.0953. The maximum atomic E-state index is 10.2. The summed E-state index contributed by atoms with van der Waals surface area (Å²) < 4.78 is 0. The molecule has 19 heavy (non-hydrogen) atoms. The fraction of sp³-hybridized carbons (Fsp3) is 0.625. The predicted molar refractivity (Wildman–Crippen MR) is 77.3 cm³/mol. The second-order valence-corrected chi connectivity index (χ2v) is 6.33. The lowest BCUT2D eigenvalue weighted by Gasteiger charge is -2.44. The monoisotopic (exact) mass is 263 g/mol. The molecule has 1 fully saturated rings. The van der Waals surface area contributed by atoms with E-state index >= 15 is 0 Å². The summed E-state index contributed by atoms with van der Waals surface area (Å²) in [5.74, 6) is 0. The number of piperidine rings is 1. The first kappa shape index (κ1) is 14.5. The number of hydrogen-bond donors (Lipinski definition) is 2. The molecular weight excluding hydrogens is 238 g/mol. The van der Waals surface area contributed by atoms with Gasteiger partial charge in [0.25, 0.3) is 0 Å². The van der Waals surface area contributed by atoms with E-state index in [-0.39, 0.29) is 6.04 Å². The average molecular weight is 263 g/mol. The van der Waals surface area contributed by atoms with Crippen molar-refractivity contribution in [3.63, 3.8) is 0 Å². The van der Waals surface area contributed by atoms with Crippen LogP contribution in [0.3, 0.4) is 0 Å². The van der Waals surface area contributed by atoms with Gasteiger partial charge in [0.15, 0.2) is 0 Å². The summed E-state index contributed by atoms with van der Waals surface area (Å²) in [5, 5.41) is 20.3. The Labute approximate surface area is 115 Å². The molecule has 1 aliphatic heterocycles. The van der Waals surface area contributed by atoms with Gasteiger partial charge in [-0.25, -0.2) is 0 Å². The first-order valence-electron chi connectivity index (χ1n) is 6.91. The van der Waals surface area contributed by atoms with Crippen molar-refractivity contribution in [2.24, 2.45) is 0 Å². The first-order valence-corrected chi connectivity index (χ1v) is 6.91. The molecule has 0 bridgehead atoms. The van der Waals surface area contributed by atoms with Crippen LogP contribution in [0.4, 0.5) is 0 Å². The molecule has 1 saturated heterocycles. The third kappa shape index (κ3) is 2.69. The number of β-amino-alcohol motifs (C(OH)–C–C–N with tert-alkyl or cyclic N) is 1. The second kappa shape index (κ2) is 4.89. The van der Waals surface area contributed by atoms with Crippen LogP contribution in [0.25, 0.3) is 0 Å². The Bertz CT molecular complexity index is 482. The van der Waals surface area contributed by atoms with Crippen molar-refractivity contribution in [2.45, 2.75) is 51.9 Å². The van der Waals surface area contributed by atoms with E-state index in [0.29, 0.717) is 13.0 Å². The molecule has 1 heterocycles. The van der Waals surface area contributed by atoms with Gasteiger partial charge in [0.1, 0.15) is 5.60 Å². The summed E-state index contributed by atoms with van der Waals surface area (Å²) in [5.41, 5.74) is 4.08. The van der Waals surface area contributed by atoms with Crippen LogP contribution < -0.4 is 0 Å². The second-order valence-electron chi connectivity index (χ2n) is 6.33. The lowest BCUT2D eigenvalue weighted by molar-refractivity contribution is -0.121. The van der Waals surface area contributed by atoms with Crippen molar-refractivity contribution in [1.29, 1.82) is 0 Å². The molecule has 0 saturated carbocycles. The molecule has 1 aromatic rings. The minimum absolute atomic E-state index is 0.175. The van der Waals surface area contributed by atoms with Gasteiger partial charge in [-0.15, -0.1) is 0 Å². The van der Waals surface area contributed by atoms with Crippen molar-refractivity contribution in [1.82, 2.24) is 4.90 Å². The van der Waals surface area contributed by atoms with Crippen molar-refractivity contribution in [2.75, 3.05) is 13.6 Å². The molecule has 2 rings (SSSR count). The number of rotatable bonds is 1. The van der Waals surface area contributed by atoms with E-state index in [1.54, 1.807) is 6.92 Å². The van der Waals surface area contributed by atoms with Gasteiger partial charge in [0, 0.05) is 12.6 Å². The molecule has 0 aromatic heterocycles. The van der Waals surface area contributed by atoms with Gasteiger partial charge in [-0.2, -0.15) is 0 Å². The van der Waals surface area contributed by atoms with Gasteiger partial charge < -0.3 is 10.2 Å². The fourth-order valence-corrected chi connectivity index (χ4v) is 3.07. The van der Waals surface area contributed by atoms with Crippen molar-refractivity contribution >= 4 is 0 Å². The zero-order chi connectivity index (χ0) is 14.4. The van der Waals surface area contributed by atoms with Gasteiger partial charge in [0.05, 0.1) is 6.10 Å². The number of likely N-dealkylation sites (N-methyl/N-ethyl adjacent to an activating group) is 1. The third-order valence-corrected chi connectivity index (χ3v) is 4.51. The molecule has 0 radical (unpaired) electrons. The quantitative estimate of drug-likeness (QED) is 0.815. The highest BCUT2D eigenvalue weighted by Crippen LogP contribution is 2.36. The Balaban J connectivity index is 2.35. The van der Waals surface area contributed by atoms with E-state index in [9.17, 15) is 10.2 Å². The van der Waals surface area contributed by atoms with Crippen LogP contribution in [-0.2, 0) is 0 Å². The number of aliphatic hydroxyl groups is 2. The van der Waals surface area contributed by atoms with Crippen LogP contribution in [0.2, 0.25) is 0 Å². The number of nitrogens with zero attached hydrogens (tertiary/aromatic N) is 1. The van der Waals surface area contributed by atoms with Crippen molar-refractivity contribution in [3.05, 3.63) is 34.4 Å². The minimum atomic E-state index is -1.01. The zero-order valence-electron chi connectivity index (χ0n) is 12.6. The summed E-state index contributed by atoms with van der Waals surface area (Å²) in [6.45, 7) is 8.56. The van der Waals surface area contributed by atoms with E-state index in [0.717, 1.165) is 0 Å². The molecule has 0 spiro atoms. The van der Waals surface area contributed by atoms with Gasteiger partial charge in [-0.3, -0.25) is 4.90 Å². The van der Waals surface area contributed by atoms with Crippen LogP contribution in [0.1, 0.15) is 41.6 Å². The molecule has 1 aliphatic rings. The standard InChI is InChI=1S/C16H25NO2/c1-10-6-12(3)13(7-11(10)2)14-8-15(18)16(4,19)9-17(14)5/h6-7,14-15,18-19H,8-9H2,1-5H3/t14-,15-,16-/m0/s1. The average Bonchev–Trinajstić information content (AvgIpc) is 2.28. The fourth-order valence-electron chi connectivity index (χ4n) is 3.07. The van der Waals surface area contributed by atoms with Crippen molar-refractivity contribution < 1.29 is 10.2 Å². The molecule has 2 N–H and O–H groups in total. The normalized spacial score (nSPS) is 32.6. The number of likely N-dealkylation sites (tertiary alicyclic amines) is 1. The SMILES string of the molecule is Cc1cc(C)c([C@@H]2C[C@H](O)[C@@](C)(O)CN2C)cc1C. The summed E-state index contributed by atoms with van der Waals surface area (Å²) in [4.78, 5) is 2.14. The zero-order valence-corrected chi connectivity index (χ0v) is 12.6. The minimum Gasteiger partial charge on any atom is -0.390 e. The van der Waals surface area contributed by atoms with E-state index in [2.05, 4.69) is 37.8 Å².